The lowest BCUT2D eigenvalue weighted by molar-refractivity contribution is 0.0646. The van der Waals surface area contributed by atoms with E-state index in [-0.39, 0.29) is 42.3 Å². The molecular weight excluding hydrogens is 535 g/mol. The Kier molecular flexibility index (Phi) is 9.47. The molecule has 1 aromatic carbocycles. The van der Waals surface area contributed by atoms with Gasteiger partial charge in [0.25, 0.3) is 11.8 Å². The molecule has 0 radical (unpaired) electrons. The maximum Gasteiger partial charge on any atom is 0.261 e. The van der Waals surface area contributed by atoms with E-state index in [9.17, 15) is 14.7 Å². The fourth-order valence-electron chi connectivity index (χ4n) is 3.87. The van der Waals surface area contributed by atoms with Crippen LogP contribution in [0.15, 0.2) is 39.7 Å². The first kappa shape index (κ1) is 26.8. The number of aliphatic hydroxyl groups is 1. The van der Waals surface area contributed by atoms with Crippen molar-refractivity contribution in [3.8, 4) is 0 Å². The number of guanidine groups is 1. The van der Waals surface area contributed by atoms with Crippen LogP contribution in [0.3, 0.4) is 0 Å². The maximum absolute atomic E-state index is 12.4. The quantitative estimate of drug-likeness (QED) is 0.141. The minimum absolute atomic E-state index is 0. The molecule has 2 aromatic rings. The SMILES string of the molecule is CCNC(=NCC(C)(O)c1cc(C)oc1C)NCCCCN1C(=O)c2ccccc2C1=O.I. The number of carbonyl (C=O) groups excluding carboxylic acids is 2. The highest BCUT2D eigenvalue weighted by molar-refractivity contribution is 14.0. The van der Waals surface area contributed by atoms with Gasteiger partial charge in [0.15, 0.2) is 5.96 Å². The van der Waals surface area contributed by atoms with Gasteiger partial charge in [0, 0.05) is 25.2 Å². The molecule has 1 aromatic heterocycles. The summed E-state index contributed by atoms with van der Waals surface area (Å²) in [4.78, 5) is 30.7. The molecule has 1 atom stereocenters. The number of unbranched alkanes of at least 4 members (excludes halogenated alkanes) is 1. The predicted octanol–water partition coefficient (Wildman–Crippen LogP) is 3.35. The average molecular weight is 568 g/mol. The van der Waals surface area contributed by atoms with Crippen molar-refractivity contribution in [3.63, 3.8) is 0 Å². The molecular formula is C24H33IN4O4. The minimum atomic E-state index is -1.14. The molecule has 0 bridgehead atoms. The van der Waals surface area contributed by atoms with Gasteiger partial charge in [-0.1, -0.05) is 12.1 Å². The van der Waals surface area contributed by atoms with Crippen LogP contribution in [0.5, 0.6) is 0 Å². The van der Waals surface area contributed by atoms with Gasteiger partial charge in [0.1, 0.15) is 17.1 Å². The number of hydrogen-bond donors (Lipinski definition) is 3. The first-order valence-corrected chi connectivity index (χ1v) is 11.0. The molecule has 1 unspecified atom stereocenters. The van der Waals surface area contributed by atoms with E-state index in [0.29, 0.717) is 48.9 Å². The van der Waals surface area contributed by atoms with Crippen molar-refractivity contribution in [2.75, 3.05) is 26.2 Å². The summed E-state index contributed by atoms with van der Waals surface area (Å²) in [6.07, 6.45) is 1.44. The summed E-state index contributed by atoms with van der Waals surface area (Å²) >= 11 is 0. The number of imide groups is 1. The van der Waals surface area contributed by atoms with E-state index in [1.807, 2.05) is 26.8 Å². The van der Waals surface area contributed by atoms with E-state index in [0.717, 1.165) is 17.7 Å². The molecule has 0 aliphatic carbocycles. The van der Waals surface area contributed by atoms with Gasteiger partial charge in [0.2, 0.25) is 0 Å². The van der Waals surface area contributed by atoms with Crippen molar-refractivity contribution in [3.05, 3.63) is 58.5 Å². The summed E-state index contributed by atoms with van der Waals surface area (Å²) in [6, 6.07) is 8.76. The number of aryl methyl sites for hydroxylation is 2. The van der Waals surface area contributed by atoms with Crippen LogP contribution in [0.1, 0.15) is 64.5 Å². The van der Waals surface area contributed by atoms with Crippen molar-refractivity contribution in [2.24, 2.45) is 4.99 Å². The van der Waals surface area contributed by atoms with Crippen molar-refractivity contribution >= 4 is 41.8 Å². The molecule has 180 valence electrons. The Hall–Kier alpha value is -2.40. The zero-order valence-electron chi connectivity index (χ0n) is 19.6. The molecule has 1 aliphatic heterocycles. The number of amides is 2. The highest BCUT2D eigenvalue weighted by Crippen LogP contribution is 2.27. The Labute approximate surface area is 211 Å². The summed E-state index contributed by atoms with van der Waals surface area (Å²) in [5.74, 6) is 1.60. The van der Waals surface area contributed by atoms with Crippen LogP contribution in [-0.2, 0) is 5.60 Å². The fraction of sp³-hybridized carbons (Fsp3) is 0.458. The van der Waals surface area contributed by atoms with Crippen molar-refractivity contribution in [1.82, 2.24) is 15.5 Å². The molecule has 0 spiro atoms. The molecule has 3 N–H and O–H groups in total. The van der Waals surface area contributed by atoms with Crippen LogP contribution in [0, 0.1) is 13.8 Å². The molecule has 2 heterocycles. The minimum Gasteiger partial charge on any atom is -0.466 e. The van der Waals surface area contributed by atoms with Crippen LogP contribution in [0.2, 0.25) is 0 Å². The molecule has 1 aliphatic rings. The van der Waals surface area contributed by atoms with Gasteiger partial charge in [0.05, 0.1) is 17.7 Å². The molecule has 8 nitrogen and oxygen atoms in total. The second-order valence-corrected chi connectivity index (χ2v) is 8.24. The average Bonchev–Trinajstić information content (AvgIpc) is 3.23. The number of fused-ring (bicyclic) bond motifs is 1. The topological polar surface area (TPSA) is 107 Å². The van der Waals surface area contributed by atoms with Gasteiger partial charge in [-0.05, 0) is 58.7 Å². The summed E-state index contributed by atoms with van der Waals surface area (Å²) in [6.45, 7) is 9.25. The molecule has 0 fully saturated rings. The van der Waals surface area contributed by atoms with Crippen molar-refractivity contribution in [2.45, 2.75) is 46.1 Å². The van der Waals surface area contributed by atoms with Crippen LogP contribution in [-0.4, -0.2) is 54.0 Å². The summed E-state index contributed by atoms with van der Waals surface area (Å²) in [7, 11) is 0. The summed E-state index contributed by atoms with van der Waals surface area (Å²) in [5, 5.41) is 17.3. The Morgan fingerprint density at radius 1 is 1.12 bits per heavy atom. The second-order valence-electron chi connectivity index (χ2n) is 8.24. The second kappa shape index (κ2) is 11.6. The fourth-order valence-corrected chi connectivity index (χ4v) is 3.87. The third-order valence-corrected chi connectivity index (χ3v) is 5.49. The smallest absolute Gasteiger partial charge is 0.261 e. The monoisotopic (exact) mass is 568 g/mol. The largest absolute Gasteiger partial charge is 0.466 e. The highest BCUT2D eigenvalue weighted by atomic mass is 127. The number of benzene rings is 1. The molecule has 9 heteroatoms. The lowest BCUT2D eigenvalue weighted by atomic mass is 9.96. The molecule has 33 heavy (non-hydrogen) atoms. The van der Waals surface area contributed by atoms with Gasteiger partial charge >= 0.3 is 0 Å². The number of aliphatic imine (C=N–C) groups is 1. The Balaban J connectivity index is 0.00000385. The first-order chi connectivity index (χ1) is 15.2. The number of nitrogens with one attached hydrogen (secondary N) is 2. The van der Waals surface area contributed by atoms with E-state index < -0.39 is 5.60 Å². The Morgan fingerprint density at radius 2 is 1.76 bits per heavy atom. The number of rotatable bonds is 9. The number of hydrogen-bond acceptors (Lipinski definition) is 5. The van der Waals surface area contributed by atoms with Gasteiger partial charge in [-0.15, -0.1) is 24.0 Å². The number of carbonyl (C=O) groups is 2. The van der Waals surface area contributed by atoms with E-state index >= 15 is 0 Å². The standard InChI is InChI=1S/C24H32N4O4.HI/c1-5-25-23(27-15-24(4,31)20-14-16(2)32-17(20)3)26-12-8-9-13-28-21(29)18-10-6-7-11-19(18)22(28)30;/h6-7,10-11,14,31H,5,8-9,12-13,15H2,1-4H3,(H2,25,26,27);1H. The van der Waals surface area contributed by atoms with Crippen LogP contribution >= 0.6 is 24.0 Å². The summed E-state index contributed by atoms with van der Waals surface area (Å²) < 4.78 is 5.53. The molecule has 0 saturated carbocycles. The van der Waals surface area contributed by atoms with Crippen molar-refractivity contribution < 1.29 is 19.1 Å². The highest BCUT2D eigenvalue weighted by Gasteiger charge is 2.34. The van der Waals surface area contributed by atoms with Crippen LogP contribution < -0.4 is 10.6 Å². The number of halogens is 1. The van der Waals surface area contributed by atoms with E-state index in [2.05, 4.69) is 15.6 Å². The van der Waals surface area contributed by atoms with E-state index in [1.165, 1.54) is 4.90 Å². The van der Waals surface area contributed by atoms with E-state index in [1.54, 1.807) is 31.2 Å². The molecule has 0 saturated heterocycles. The first-order valence-electron chi connectivity index (χ1n) is 11.0. The van der Waals surface area contributed by atoms with Gasteiger partial charge < -0.3 is 20.2 Å². The van der Waals surface area contributed by atoms with E-state index in [4.69, 9.17) is 4.42 Å². The Bertz CT molecular complexity index is 981. The normalized spacial score (nSPS) is 15.2. The molecule has 2 amide bonds. The third-order valence-electron chi connectivity index (χ3n) is 5.49. The molecule has 3 rings (SSSR count). The third kappa shape index (κ3) is 6.35. The predicted molar refractivity (Wildman–Crippen MR) is 138 cm³/mol. The number of nitrogens with zero attached hydrogens (tertiary/aromatic N) is 2. The Morgan fingerprint density at radius 3 is 2.30 bits per heavy atom. The lowest BCUT2D eigenvalue weighted by Crippen LogP contribution is -2.39. The maximum atomic E-state index is 12.4. The van der Waals surface area contributed by atoms with Gasteiger partial charge in [-0.3, -0.25) is 14.5 Å². The van der Waals surface area contributed by atoms with Crippen molar-refractivity contribution in [1.29, 1.82) is 0 Å². The van der Waals surface area contributed by atoms with Gasteiger partial charge in [-0.2, -0.15) is 0 Å². The zero-order valence-corrected chi connectivity index (χ0v) is 21.9. The van der Waals surface area contributed by atoms with Crippen LogP contribution in [0.25, 0.3) is 0 Å². The number of furan rings is 1. The van der Waals surface area contributed by atoms with Gasteiger partial charge in [-0.25, -0.2) is 4.99 Å². The zero-order chi connectivity index (χ0) is 23.3. The lowest BCUT2D eigenvalue weighted by Gasteiger charge is -2.21. The summed E-state index contributed by atoms with van der Waals surface area (Å²) in [5.41, 5.74) is 0.547. The van der Waals surface area contributed by atoms with Crippen LogP contribution in [0.4, 0.5) is 0 Å².